The van der Waals surface area contributed by atoms with Gasteiger partial charge in [0.2, 0.25) is 0 Å². The number of phenolic OH excluding ortho intramolecular Hbond substituents is 1. The number of nitrogens with one attached hydrogen (secondary N) is 1. The molecule has 0 saturated heterocycles. The van der Waals surface area contributed by atoms with E-state index >= 15 is 0 Å². The molecule has 0 aromatic heterocycles. The van der Waals surface area contributed by atoms with Gasteiger partial charge in [0.05, 0.1) is 5.02 Å². The van der Waals surface area contributed by atoms with Gasteiger partial charge in [-0.3, -0.25) is 0 Å². The number of aromatic hydroxyl groups is 1. The van der Waals surface area contributed by atoms with Crippen molar-refractivity contribution < 1.29 is 5.11 Å². The van der Waals surface area contributed by atoms with Gasteiger partial charge in [-0.05, 0) is 37.8 Å². The molecule has 0 aliphatic heterocycles. The standard InChI is InChI=1S/C15H23Cl2NO/c1-14(2,3)9-15(4,5)18-8-10-6-11(16)7-12(17)13(10)19/h6-7,18-19H,8-9H2,1-5H3. The Bertz CT molecular complexity index is 450. The summed E-state index contributed by atoms with van der Waals surface area (Å²) in [7, 11) is 0. The van der Waals surface area contributed by atoms with E-state index < -0.39 is 0 Å². The minimum Gasteiger partial charge on any atom is -0.506 e. The zero-order valence-corrected chi connectivity index (χ0v) is 13.8. The Morgan fingerprint density at radius 2 is 1.68 bits per heavy atom. The van der Waals surface area contributed by atoms with Crippen molar-refractivity contribution in [3.63, 3.8) is 0 Å². The molecule has 1 rings (SSSR count). The summed E-state index contributed by atoms with van der Waals surface area (Å²) in [5, 5.41) is 14.2. The van der Waals surface area contributed by atoms with Crippen molar-refractivity contribution in [1.29, 1.82) is 0 Å². The SMILES string of the molecule is CC(C)(C)CC(C)(C)NCc1cc(Cl)cc(Cl)c1O. The van der Waals surface area contributed by atoms with Crippen LogP contribution in [0.3, 0.4) is 0 Å². The van der Waals surface area contributed by atoms with Crippen LogP contribution in [0.25, 0.3) is 0 Å². The lowest BCUT2D eigenvalue weighted by Gasteiger charge is -2.33. The minimum atomic E-state index is -0.0283. The number of hydrogen-bond acceptors (Lipinski definition) is 2. The number of phenols is 1. The van der Waals surface area contributed by atoms with Crippen LogP contribution in [0.5, 0.6) is 5.75 Å². The van der Waals surface area contributed by atoms with Gasteiger partial charge < -0.3 is 10.4 Å². The van der Waals surface area contributed by atoms with Gasteiger partial charge in [-0.25, -0.2) is 0 Å². The largest absolute Gasteiger partial charge is 0.506 e. The van der Waals surface area contributed by atoms with Crippen LogP contribution in [0, 0.1) is 5.41 Å². The van der Waals surface area contributed by atoms with Crippen molar-refractivity contribution in [2.24, 2.45) is 5.41 Å². The minimum absolute atomic E-state index is 0.0283. The molecule has 1 aromatic rings. The maximum atomic E-state index is 9.92. The molecule has 0 amide bonds. The van der Waals surface area contributed by atoms with Crippen LogP contribution in [0.2, 0.25) is 10.0 Å². The highest BCUT2D eigenvalue weighted by molar-refractivity contribution is 6.35. The maximum absolute atomic E-state index is 9.92. The third-order valence-electron chi connectivity index (χ3n) is 2.84. The predicted molar refractivity (Wildman–Crippen MR) is 83.1 cm³/mol. The van der Waals surface area contributed by atoms with Gasteiger partial charge >= 0.3 is 0 Å². The summed E-state index contributed by atoms with van der Waals surface area (Å²) in [5.74, 6) is 0.102. The van der Waals surface area contributed by atoms with Crippen molar-refractivity contribution in [2.75, 3.05) is 0 Å². The molecule has 2 N–H and O–H groups in total. The number of rotatable bonds is 4. The van der Waals surface area contributed by atoms with Crippen molar-refractivity contribution >= 4 is 23.2 Å². The second kappa shape index (κ2) is 5.90. The Hall–Kier alpha value is -0.440. The molecule has 0 fully saturated rings. The van der Waals surface area contributed by atoms with E-state index in [1.54, 1.807) is 12.1 Å². The Kier molecular flexibility index (Phi) is 5.16. The lowest BCUT2D eigenvalue weighted by molar-refractivity contribution is 0.240. The quantitative estimate of drug-likeness (QED) is 0.820. The van der Waals surface area contributed by atoms with Crippen molar-refractivity contribution in [3.8, 4) is 5.75 Å². The van der Waals surface area contributed by atoms with Gasteiger partial charge in [0.15, 0.2) is 0 Å². The van der Waals surface area contributed by atoms with E-state index in [0.717, 1.165) is 12.0 Å². The number of benzene rings is 1. The third-order valence-corrected chi connectivity index (χ3v) is 3.34. The Morgan fingerprint density at radius 1 is 1.11 bits per heavy atom. The van der Waals surface area contributed by atoms with Crippen LogP contribution >= 0.6 is 23.2 Å². The molecule has 1 aromatic carbocycles. The molecule has 0 unspecified atom stereocenters. The lowest BCUT2D eigenvalue weighted by atomic mass is 9.82. The zero-order chi connectivity index (χ0) is 14.8. The number of hydrogen-bond donors (Lipinski definition) is 2. The molecule has 2 nitrogen and oxygen atoms in total. The van der Waals surface area contributed by atoms with Gasteiger partial charge in [0.25, 0.3) is 0 Å². The van der Waals surface area contributed by atoms with Crippen LogP contribution in [0.15, 0.2) is 12.1 Å². The highest BCUT2D eigenvalue weighted by atomic mass is 35.5. The molecule has 0 bridgehead atoms. The van der Waals surface area contributed by atoms with E-state index in [4.69, 9.17) is 23.2 Å². The smallest absolute Gasteiger partial charge is 0.138 e. The fourth-order valence-corrected chi connectivity index (χ4v) is 3.01. The first-order valence-electron chi connectivity index (χ1n) is 6.42. The predicted octanol–water partition coefficient (Wildman–Crippen LogP) is 5.00. The molecular weight excluding hydrogens is 281 g/mol. The van der Waals surface area contributed by atoms with Gasteiger partial charge in [-0.1, -0.05) is 44.0 Å². The topological polar surface area (TPSA) is 32.3 Å². The fourth-order valence-electron chi connectivity index (χ4n) is 2.48. The Morgan fingerprint density at radius 3 is 2.21 bits per heavy atom. The number of halogens is 2. The highest BCUT2D eigenvalue weighted by Gasteiger charge is 2.25. The lowest BCUT2D eigenvalue weighted by Crippen LogP contribution is -2.41. The van der Waals surface area contributed by atoms with Gasteiger partial charge in [-0.15, -0.1) is 0 Å². The summed E-state index contributed by atoms with van der Waals surface area (Å²) in [6.45, 7) is 11.5. The van der Waals surface area contributed by atoms with Crippen LogP contribution < -0.4 is 5.32 Å². The molecular formula is C15H23Cl2NO. The van der Waals surface area contributed by atoms with Crippen molar-refractivity contribution in [1.82, 2.24) is 5.32 Å². The molecule has 0 saturated carbocycles. The zero-order valence-electron chi connectivity index (χ0n) is 12.3. The molecule has 108 valence electrons. The van der Waals surface area contributed by atoms with Gasteiger partial charge in [-0.2, -0.15) is 0 Å². The van der Waals surface area contributed by atoms with Crippen molar-refractivity contribution in [2.45, 2.75) is 53.1 Å². The molecule has 19 heavy (non-hydrogen) atoms. The molecule has 0 spiro atoms. The van der Waals surface area contributed by atoms with Crippen LogP contribution in [-0.4, -0.2) is 10.6 Å². The Balaban J connectivity index is 2.77. The normalized spacial score (nSPS) is 12.8. The molecule has 0 aliphatic carbocycles. The first kappa shape index (κ1) is 16.6. The van der Waals surface area contributed by atoms with Crippen LogP contribution in [-0.2, 0) is 6.54 Å². The maximum Gasteiger partial charge on any atom is 0.138 e. The van der Waals surface area contributed by atoms with E-state index in [0.29, 0.717) is 11.6 Å². The summed E-state index contributed by atoms with van der Waals surface area (Å²) >= 11 is 11.9. The fraction of sp³-hybridized carbons (Fsp3) is 0.600. The Labute approximate surface area is 126 Å². The van der Waals surface area contributed by atoms with E-state index in [1.165, 1.54) is 0 Å². The molecule has 4 heteroatoms. The third kappa shape index (κ3) is 5.60. The van der Waals surface area contributed by atoms with E-state index in [9.17, 15) is 5.11 Å². The average molecular weight is 304 g/mol. The summed E-state index contributed by atoms with van der Waals surface area (Å²) in [4.78, 5) is 0. The van der Waals surface area contributed by atoms with E-state index in [2.05, 4.69) is 39.9 Å². The van der Waals surface area contributed by atoms with Crippen LogP contribution in [0.1, 0.15) is 46.6 Å². The van der Waals surface area contributed by atoms with Crippen LogP contribution in [0.4, 0.5) is 0 Å². The molecule has 0 aliphatic rings. The second-order valence-corrected chi connectivity index (χ2v) is 7.71. The summed E-state index contributed by atoms with van der Waals surface area (Å²) in [6, 6.07) is 3.28. The average Bonchev–Trinajstić information content (AvgIpc) is 2.17. The van der Waals surface area contributed by atoms with Gasteiger partial charge in [0.1, 0.15) is 5.75 Å². The second-order valence-electron chi connectivity index (χ2n) is 6.87. The summed E-state index contributed by atoms with van der Waals surface area (Å²) in [6.07, 6.45) is 1.02. The monoisotopic (exact) mass is 303 g/mol. The summed E-state index contributed by atoms with van der Waals surface area (Å²) < 4.78 is 0. The molecule has 0 radical (unpaired) electrons. The molecule has 0 atom stereocenters. The summed E-state index contributed by atoms with van der Waals surface area (Å²) in [5.41, 5.74) is 0.934. The van der Waals surface area contributed by atoms with Gasteiger partial charge in [0, 0.05) is 22.7 Å². The molecule has 0 heterocycles. The van der Waals surface area contributed by atoms with E-state index in [1.807, 2.05) is 0 Å². The highest BCUT2D eigenvalue weighted by Crippen LogP contribution is 2.32. The van der Waals surface area contributed by atoms with Crippen molar-refractivity contribution in [3.05, 3.63) is 27.7 Å². The first-order chi connectivity index (χ1) is 8.50. The van der Waals surface area contributed by atoms with E-state index in [-0.39, 0.29) is 21.7 Å². The first-order valence-corrected chi connectivity index (χ1v) is 7.18.